The van der Waals surface area contributed by atoms with Gasteiger partial charge in [-0.3, -0.25) is 4.79 Å². The third-order valence-corrected chi connectivity index (χ3v) is 3.54. The standard InChI is InChI=1S/C11H12FN5OS/c1-6(9(13)18)19-11-16-15-10(17(11)14)7-4-2-3-5-8(7)12/h2-6H,14H2,1H3,(H2,13,18)/t6-/m1/s1. The van der Waals surface area contributed by atoms with E-state index in [9.17, 15) is 9.18 Å². The molecule has 2 aromatic rings. The van der Waals surface area contributed by atoms with Crippen LogP contribution in [0.25, 0.3) is 11.4 Å². The lowest BCUT2D eigenvalue weighted by atomic mass is 10.2. The molecule has 19 heavy (non-hydrogen) atoms. The van der Waals surface area contributed by atoms with Crippen LogP contribution in [0.2, 0.25) is 0 Å². The Hall–Kier alpha value is -2.09. The van der Waals surface area contributed by atoms with Crippen LogP contribution in [0.15, 0.2) is 29.4 Å². The molecule has 0 aliphatic heterocycles. The van der Waals surface area contributed by atoms with Crippen LogP contribution in [0.1, 0.15) is 6.92 Å². The molecular weight excluding hydrogens is 269 g/mol. The molecule has 0 aliphatic carbocycles. The normalized spacial score (nSPS) is 12.3. The number of halogens is 1. The minimum absolute atomic E-state index is 0.192. The van der Waals surface area contributed by atoms with E-state index in [1.807, 2.05) is 0 Å². The van der Waals surface area contributed by atoms with Gasteiger partial charge >= 0.3 is 0 Å². The van der Waals surface area contributed by atoms with E-state index in [-0.39, 0.29) is 11.4 Å². The Morgan fingerprint density at radius 2 is 2.11 bits per heavy atom. The summed E-state index contributed by atoms with van der Waals surface area (Å²) in [6.07, 6.45) is 0. The summed E-state index contributed by atoms with van der Waals surface area (Å²) in [4.78, 5) is 11.0. The van der Waals surface area contributed by atoms with Crippen LogP contribution in [-0.2, 0) is 4.79 Å². The van der Waals surface area contributed by atoms with Gasteiger partial charge in [0.2, 0.25) is 11.1 Å². The Kier molecular flexibility index (Phi) is 3.70. The van der Waals surface area contributed by atoms with E-state index in [0.29, 0.717) is 5.16 Å². The van der Waals surface area contributed by atoms with Crippen molar-refractivity contribution in [1.82, 2.24) is 14.9 Å². The van der Waals surface area contributed by atoms with Gasteiger partial charge in [-0.1, -0.05) is 23.9 Å². The van der Waals surface area contributed by atoms with Crippen molar-refractivity contribution in [3.63, 3.8) is 0 Å². The molecule has 1 amide bonds. The van der Waals surface area contributed by atoms with Gasteiger partial charge in [-0.05, 0) is 19.1 Å². The summed E-state index contributed by atoms with van der Waals surface area (Å²) in [6.45, 7) is 1.63. The van der Waals surface area contributed by atoms with Gasteiger partial charge in [-0.25, -0.2) is 9.07 Å². The van der Waals surface area contributed by atoms with Crippen LogP contribution in [0.5, 0.6) is 0 Å². The number of thioether (sulfide) groups is 1. The van der Waals surface area contributed by atoms with E-state index in [1.165, 1.54) is 6.07 Å². The number of benzene rings is 1. The second-order valence-electron chi connectivity index (χ2n) is 3.82. The molecule has 0 unspecified atom stereocenters. The maximum absolute atomic E-state index is 13.6. The Labute approximate surface area is 113 Å². The first-order valence-corrected chi connectivity index (χ1v) is 6.30. The van der Waals surface area contributed by atoms with Gasteiger partial charge in [0.1, 0.15) is 5.82 Å². The number of carbonyl (C=O) groups excluding carboxylic acids is 1. The van der Waals surface area contributed by atoms with Crippen molar-refractivity contribution in [3.8, 4) is 11.4 Å². The van der Waals surface area contributed by atoms with Crippen molar-refractivity contribution in [2.24, 2.45) is 5.73 Å². The lowest BCUT2D eigenvalue weighted by Gasteiger charge is -2.07. The van der Waals surface area contributed by atoms with E-state index in [4.69, 9.17) is 11.6 Å². The molecule has 8 heteroatoms. The predicted octanol–water partition coefficient (Wildman–Crippen LogP) is 0.764. The second-order valence-corrected chi connectivity index (χ2v) is 5.13. The monoisotopic (exact) mass is 281 g/mol. The number of nitrogens with two attached hydrogens (primary N) is 2. The van der Waals surface area contributed by atoms with Gasteiger partial charge in [0.05, 0.1) is 10.8 Å². The average Bonchev–Trinajstić information content (AvgIpc) is 2.72. The molecule has 1 aromatic carbocycles. The summed E-state index contributed by atoms with van der Waals surface area (Å²) >= 11 is 1.07. The number of hydrogen-bond acceptors (Lipinski definition) is 5. The number of nitrogen functional groups attached to an aromatic ring is 1. The predicted molar refractivity (Wildman–Crippen MR) is 70.1 cm³/mol. The van der Waals surface area contributed by atoms with Gasteiger partial charge in [0.25, 0.3) is 0 Å². The van der Waals surface area contributed by atoms with Crippen molar-refractivity contribution in [3.05, 3.63) is 30.1 Å². The zero-order valence-electron chi connectivity index (χ0n) is 10.1. The summed E-state index contributed by atoms with van der Waals surface area (Å²) in [7, 11) is 0. The number of rotatable bonds is 4. The molecule has 4 N–H and O–H groups in total. The summed E-state index contributed by atoms with van der Waals surface area (Å²) in [6, 6.07) is 6.10. The van der Waals surface area contributed by atoms with Crippen LogP contribution in [0.3, 0.4) is 0 Å². The quantitative estimate of drug-likeness (QED) is 0.636. The van der Waals surface area contributed by atoms with Gasteiger partial charge in [-0.2, -0.15) is 0 Å². The fourth-order valence-electron chi connectivity index (χ4n) is 1.40. The first-order valence-electron chi connectivity index (χ1n) is 5.42. The number of aromatic nitrogens is 3. The second kappa shape index (κ2) is 5.27. The van der Waals surface area contributed by atoms with E-state index < -0.39 is 17.0 Å². The molecule has 0 saturated heterocycles. The lowest BCUT2D eigenvalue weighted by molar-refractivity contribution is -0.117. The fraction of sp³-hybridized carbons (Fsp3) is 0.182. The van der Waals surface area contributed by atoms with Crippen molar-refractivity contribution in [1.29, 1.82) is 0 Å². The Balaban J connectivity index is 2.34. The highest BCUT2D eigenvalue weighted by molar-refractivity contribution is 8.00. The maximum Gasteiger partial charge on any atom is 0.230 e. The number of carbonyl (C=O) groups is 1. The molecule has 100 valence electrons. The van der Waals surface area contributed by atoms with Gasteiger partial charge in [0, 0.05) is 0 Å². The van der Waals surface area contributed by atoms with Crippen LogP contribution < -0.4 is 11.6 Å². The molecule has 0 fully saturated rings. The van der Waals surface area contributed by atoms with E-state index in [1.54, 1.807) is 25.1 Å². The van der Waals surface area contributed by atoms with Crippen LogP contribution in [0, 0.1) is 5.82 Å². The van der Waals surface area contributed by atoms with Crippen molar-refractivity contribution in [2.75, 3.05) is 5.84 Å². The van der Waals surface area contributed by atoms with Crippen molar-refractivity contribution in [2.45, 2.75) is 17.3 Å². The van der Waals surface area contributed by atoms with Crippen LogP contribution in [0.4, 0.5) is 4.39 Å². The number of primary amides is 1. The lowest BCUT2D eigenvalue weighted by Crippen LogP contribution is -2.23. The molecule has 0 spiro atoms. The topological polar surface area (TPSA) is 99.8 Å². The van der Waals surface area contributed by atoms with Gasteiger partial charge in [-0.15, -0.1) is 10.2 Å². The van der Waals surface area contributed by atoms with E-state index in [0.717, 1.165) is 16.4 Å². The van der Waals surface area contributed by atoms with Gasteiger partial charge in [0.15, 0.2) is 5.82 Å². The van der Waals surface area contributed by atoms with Gasteiger partial charge < -0.3 is 11.6 Å². The Morgan fingerprint density at radius 1 is 1.42 bits per heavy atom. The molecule has 1 atom stereocenters. The summed E-state index contributed by atoms with van der Waals surface area (Å²) in [5.74, 6) is 5.07. The molecule has 0 saturated carbocycles. The average molecular weight is 281 g/mol. The zero-order chi connectivity index (χ0) is 14.0. The molecular formula is C11H12FN5OS. The number of nitrogens with zero attached hydrogens (tertiary/aromatic N) is 3. The van der Waals surface area contributed by atoms with E-state index in [2.05, 4.69) is 10.2 Å². The molecule has 1 heterocycles. The minimum atomic E-state index is -0.500. The maximum atomic E-state index is 13.6. The molecule has 6 nitrogen and oxygen atoms in total. The SMILES string of the molecule is C[C@@H](Sc1nnc(-c2ccccc2F)n1N)C(N)=O. The van der Waals surface area contributed by atoms with Crippen LogP contribution in [-0.4, -0.2) is 26.0 Å². The third kappa shape index (κ3) is 2.68. The first kappa shape index (κ1) is 13.3. The number of amides is 1. The summed E-state index contributed by atoms with van der Waals surface area (Å²) in [5, 5.41) is 7.46. The minimum Gasteiger partial charge on any atom is -0.369 e. The molecule has 1 aromatic heterocycles. The molecule has 0 radical (unpaired) electrons. The number of hydrogen-bond donors (Lipinski definition) is 2. The Morgan fingerprint density at radius 3 is 2.74 bits per heavy atom. The van der Waals surface area contributed by atoms with Crippen LogP contribution >= 0.6 is 11.8 Å². The molecule has 0 aliphatic rings. The molecule has 2 rings (SSSR count). The highest BCUT2D eigenvalue weighted by Crippen LogP contribution is 2.25. The highest BCUT2D eigenvalue weighted by Gasteiger charge is 2.19. The highest BCUT2D eigenvalue weighted by atomic mass is 32.2. The van der Waals surface area contributed by atoms with Crippen molar-refractivity contribution < 1.29 is 9.18 Å². The summed E-state index contributed by atoms with van der Waals surface area (Å²) in [5.41, 5.74) is 5.40. The smallest absolute Gasteiger partial charge is 0.230 e. The molecule has 0 bridgehead atoms. The largest absolute Gasteiger partial charge is 0.369 e. The van der Waals surface area contributed by atoms with Crippen molar-refractivity contribution >= 4 is 17.7 Å². The summed E-state index contributed by atoms with van der Waals surface area (Å²) < 4.78 is 14.8. The fourth-order valence-corrected chi connectivity index (χ4v) is 2.12. The van der Waals surface area contributed by atoms with E-state index >= 15 is 0 Å². The first-order chi connectivity index (χ1) is 9.00. The third-order valence-electron chi connectivity index (χ3n) is 2.46. The zero-order valence-corrected chi connectivity index (χ0v) is 10.9. The Bertz CT molecular complexity index is 615.